The van der Waals surface area contributed by atoms with Crippen molar-refractivity contribution in [1.29, 1.82) is 0 Å². The molecule has 1 aromatic carbocycles. The average molecular weight is 225 g/mol. The monoisotopic (exact) mass is 225 g/mol. The van der Waals surface area contributed by atoms with Crippen LogP contribution >= 0.6 is 11.8 Å². The Morgan fingerprint density at radius 1 is 1.27 bits per heavy atom. The molecule has 0 spiro atoms. The van der Waals surface area contributed by atoms with Gasteiger partial charge in [-0.1, -0.05) is 0 Å². The Morgan fingerprint density at radius 2 is 1.93 bits per heavy atom. The molecule has 0 atom stereocenters. The Hall–Kier alpha value is -0.670. The zero-order chi connectivity index (χ0) is 11.1. The van der Waals surface area contributed by atoms with Crippen molar-refractivity contribution in [3.8, 4) is 0 Å². The zero-order valence-corrected chi connectivity index (χ0v) is 10.2. The Balaban J connectivity index is 2.42. The van der Waals surface area contributed by atoms with E-state index in [0.29, 0.717) is 6.04 Å². The summed E-state index contributed by atoms with van der Waals surface area (Å²) in [4.78, 5) is 1.26. The van der Waals surface area contributed by atoms with Crippen molar-refractivity contribution >= 4 is 17.4 Å². The molecule has 0 heterocycles. The maximum absolute atomic E-state index is 8.66. The van der Waals surface area contributed by atoms with Crippen molar-refractivity contribution in [3.63, 3.8) is 0 Å². The molecule has 0 unspecified atom stereocenters. The number of aliphatic hydroxyl groups excluding tert-OH is 1. The summed E-state index contributed by atoms with van der Waals surface area (Å²) in [5.41, 5.74) is 1.16. The summed E-state index contributed by atoms with van der Waals surface area (Å²) in [6.07, 6.45) is 0.858. The van der Waals surface area contributed by atoms with Crippen LogP contribution in [0.25, 0.3) is 0 Å². The first-order chi connectivity index (χ1) is 7.22. The molecule has 1 aromatic rings. The number of anilines is 1. The summed E-state index contributed by atoms with van der Waals surface area (Å²) >= 11 is 1.78. The van der Waals surface area contributed by atoms with Gasteiger partial charge in [-0.2, -0.15) is 0 Å². The first kappa shape index (κ1) is 12.4. The SMILES string of the molecule is CC(C)Nc1ccc(SCCCO)cc1. The predicted octanol–water partition coefficient (Wildman–Crippen LogP) is 2.98. The predicted molar refractivity (Wildman–Crippen MR) is 67.6 cm³/mol. The Morgan fingerprint density at radius 3 is 2.47 bits per heavy atom. The molecule has 0 bridgehead atoms. The van der Waals surface area contributed by atoms with Crippen LogP contribution in [0.3, 0.4) is 0 Å². The summed E-state index contributed by atoms with van der Waals surface area (Å²) in [7, 11) is 0. The smallest absolute Gasteiger partial charge is 0.0439 e. The van der Waals surface area contributed by atoms with Crippen molar-refractivity contribution < 1.29 is 5.11 Å². The van der Waals surface area contributed by atoms with Gasteiger partial charge in [0.05, 0.1) is 0 Å². The van der Waals surface area contributed by atoms with Crippen molar-refractivity contribution in [2.24, 2.45) is 0 Å². The fourth-order valence-electron chi connectivity index (χ4n) is 1.24. The lowest BCUT2D eigenvalue weighted by Crippen LogP contribution is -2.09. The van der Waals surface area contributed by atoms with E-state index in [4.69, 9.17) is 5.11 Å². The summed E-state index contributed by atoms with van der Waals surface area (Å²) in [6, 6.07) is 8.90. The van der Waals surface area contributed by atoms with E-state index in [1.807, 2.05) is 0 Å². The van der Waals surface area contributed by atoms with Gasteiger partial charge in [0.1, 0.15) is 0 Å². The minimum absolute atomic E-state index is 0.278. The molecule has 2 nitrogen and oxygen atoms in total. The average Bonchev–Trinajstić information content (AvgIpc) is 2.20. The first-order valence-corrected chi connectivity index (χ1v) is 6.31. The van der Waals surface area contributed by atoms with Crippen LogP contribution in [-0.4, -0.2) is 23.5 Å². The number of hydrogen-bond donors (Lipinski definition) is 2. The van der Waals surface area contributed by atoms with Crippen molar-refractivity contribution in [2.45, 2.75) is 31.2 Å². The molecule has 15 heavy (non-hydrogen) atoms. The second kappa shape index (κ2) is 6.75. The Bertz CT molecular complexity index is 271. The van der Waals surface area contributed by atoms with Crippen LogP contribution in [0.2, 0.25) is 0 Å². The van der Waals surface area contributed by atoms with Crippen molar-refractivity contribution in [1.82, 2.24) is 0 Å². The molecule has 0 amide bonds. The molecule has 2 N–H and O–H groups in total. The van der Waals surface area contributed by atoms with E-state index >= 15 is 0 Å². The topological polar surface area (TPSA) is 32.3 Å². The maximum atomic E-state index is 8.66. The molecular formula is C12H19NOS. The van der Waals surface area contributed by atoms with E-state index in [9.17, 15) is 0 Å². The zero-order valence-electron chi connectivity index (χ0n) is 9.36. The molecule has 0 saturated carbocycles. The van der Waals surface area contributed by atoms with Gasteiger partial charge in [0.2, 0.25) is 0 Å². The quantitative estimate of drug-likeness (QED) is 0.576. The number of hydrogen-bond acceptors (Lipinski definition) is 3. The summed E-state index contributed by atoms with van der Waals surface area (Å²) in [5, 5.41) is 12.0. The molecule has 84 valence electrons. The molecule has 0 saturated heterocycles. The molecular weight excluding hydrogens is 206 g/mol. The van der Waals surface area contributed by atoms with E-state index in [2.05, 4.69) is 43.4 Å². The Kier molecular flexibility index (Phi) is 5.58. The van der Waals surface area contributed by atoms with Crippen LogP contribution in [0, 0.1) is 0 Å². The minimum Gasteiger partial charge on any atom is -0.396 e. The fraction of sp³-hybridized carbons (Fsp3) is 0.500. The number of aliphatic hydroxyl groups is 1. The standard InChI is InChI=1S/C12H19NOS/c1-10(2)13-11-4-6-12(7-5-11)15-9-3-8-14/h4-7,10,13-14H,3,8-9H2,1-2H3. The number of rotatable bonds is 6. The van der Waals surface area contributed by atoms with Crippen LogP contribution in [0.15, 0.2) is 29.2 Å². The molecule has 3 heteroatoms. The summed E-state index contributed by atoms with van der Waals surface area (Å²) in [6.45, 7) is 4.54. The lowest BCUT2D eigenvalue weighted by atomic mass is 10.3. The lowest BCUT2D eigenvalue weighted by molar-refractivity contribution is 0.296. The lowest BCUT2D eigenvalue weighted by Gasteiger charge is -2.10. The highest BCUT2D eigenvalue weighted by Gasteiger charge is 1.96. The van der Waals surface area contributed by atoms with E-state index in [1.54, 1.807) is 11.8 Å². The van der Waals surface area contributed by atoms with E-state index < -0.39 is 0 Å². The largest absolute Gasteiger partial charge is 0.396 e. The van der Waals surface area contributed by atoms with Gasteiger partial charge in [0, 0.05) is 29.0 Å². The van der Waals surface area contributed by atoms with Gasteiger partial charge in [0.25, 0.3) is 0 Å². The highest BCUT2D eigenvalue weighted by molar-refractivity contribution is 7.99. The van der Waals surface area contributed by atoms with Crippen LogP contribution in [-0.2, 0) is 0 Å². The molecule has 1 rings (SSSR count). The van der Waals surface area contributed by atoms with Crippen LogP contribution in [0.4, 0.5) is 5.69 Å². The van der Waals surface area contributed by atoms with Gasteiger partial charge in [-0.25, -0.2) is 0 Å². The van der Waals surface area contributed by atoms with Gasteiger partial charge in [0.15, 0.2) is 0 Å². The molecule has 0 radical (unpaired) electrons. The highest BCUT2D eigenvalue weighted by Crippen LogP contribution is 2.21. The van der Waals surface area contributed by atoms with Gasteiger partial charge in [-0.15, -0.1) is 11.8 Å². The summed E-state index contributed by atoms with van der Waals surface area (Å²) < 4.78 is 0. The fourth-order valence-corrected chi connectivity index (χ4v) is 2.07. The molecule has 0 aliphatic carbocycles. The second-order valence-electron chi connectivity index (χ2n) is 3.75. The molecule has 0 fully saturated rings. The van der Waals surface area contributed by atoms with Crippen LogP contribution in [0.5, 0.6) is 0 Å². The molecule has 0 aromatic heterocycles. The number of thioether (sulfide) groups is 1. The van der Waals surface area contributed by atoms with Gasteiger partial charge >= 0.3 is 0 Å². The van der Waals surface area contributed by atoms with Crippen LogP contribution < -0.4 is 5.32 Å². The van der Waals surface area contributed by atoms with E-state index in [1.165, 1.54) is 4.90 Å². The van der Waals surface area contributed by atoms with E-state index in [-0.39, 0.29) is 6.61 Å². The normalized spacial score (nSPS) is 10.7. The van der Waals surface area contributed by atoms with Crippen LogP contribution in [0.1, 0.15) is 20.3 Å². The third kappa shape index (κ3) is 5.09. The first-order valence-electron chi connectivity index (χ1n) is 5.32. The van der Waals surface area contributed by atoms with Gasteiger partial charge in [-0.3, -0.25) is 0 Å². The highest BCUT2D eigenvalue weighted by atomic mass is 32.2. The second-order valence-corrected chi connectivity index (χ2v) is 4.92. The maximum Gasteiger partial charge on any atom is 0.0439 e. The van der Waals surface area contributed by atoms with Gasteiger partial charge in [-0.05, 0) is 44.5 Å². The molecule has 0 aliphatic heterocycles. The summed E-state index contributed by atoms with van der Waals surface area (Å²) in [5.74, 6) is 0.980. The minimum atomic E-state index is 0.278. The molecule has 0 aliphatic rings. The third-order valence-corrected chi connectivity index (χ3v) is 2.98. The Labute approximate surface area is 96.1 Å². The van der Waals surface area contributed by atoms with Gasteiger partial charge < -0.3 is 10.4 Å². The number of nitrogens with one attached hydrogen (secondary N) is 1. The van der Waals surface area contributed by atoms with Crippen molar-refractivity contribution in [2.75, 3.05) is 17.7 Å². The van der Waals surface area contributed by atoms with Crippen molar-refractivity contribution in [3.05, 3.63) is 24.3 Å². The van der Waals surface area contributed by atoms with E-state index in [0.717, 1.165) is 17.9 Å². The third-order valence-electron chi connectivity index (χ3n) is 1.88. The number of benzene rings is 1.